The number of methoxy groups -OCH3 is 1. The standard InChI is InChI=1S/C12H23N3O3/c1-12(2,18-5)11(17)15-7-6-13-8-9(15)10(16)14(3)4/h9,13H,6-8H2,1-5H3. The third-order valence-electron chi connectivity index (χ3n) is 3.26. The Morgan fingerprint density at radius 2 is 2.00 bits per heavy atom. The van der Waals surface area contributed by atoms with Crippen molar-refractivity contribution in [3.63, 3.8) is 0 Å². The molecule has 0 spiro atoms. The predicted octanol–water partition coefficient (Wildman–Crippen LogP) is -0.700. The van der Waals surface area contributed by atoms with Gasteiger partial charge in [-0.05, 0) is 13.8 Å². The summed E-state index contributed by atoms with van der Waals surface area (Å²) < 4.78 is 5.20. The molecule has 2 amide bonds. The summed E-state index contributed by atoms with van der Waals surface area (Å²) in [6.45, 7) is 5.14. The minimum atomic E-state index is -0.901. The second-order valence-electron chi connectivity index (χ2n) is 5.17. The van der Waals surface area contributed by atoms with Crippen molar-refractivity contribution < 1.29 is 14.3 Å². The fourth-order valence-corrected chi connectivity index (χ4v) is 1.90. The van der Waals surface area contributed by atoms with Crippen molar-refractivity contribution in [1.82, 2.24) is 15.1 Å². The molecule has 6 heteroatoms. The number of nitrogens with zero attached hydrogens (tertiary/aromatic N) is 2. The highest BCUT2D eigenvalue weighted by atomic mass is 16.5. The van der Waals surface area contributed by atoms with Gasteiger partial charge in [0.15, 0.2) is 0 Å². The van der Waals surface area contributed by atoms with Gasteiger partial charge in [-0.25, -0.2) is 0 Å². The maximum Gasteiger partial charge on any atom is 0.254 e. The van der Waals surface area contributed by atoms with Crippen molar-refractivity contribution in [1.29, 1.82) is 0 Å². The smallest absolute Gasteiger partial charge is 0.254 e. The molecule has 1 aliphatic rings. The zero-order valence-electron chi connectivity index (χ0n) is 11.8. The molecule has 0 aromatic heterocycles. The number of likely N-dealkylation sites (N-methyl/N-ethyl adjacent to an activating group) is 1. The molecule has 0 aromatic rings. The molecule has 0 saturated carbocycles. The summed E-state index contributed by atoms with van der Waals surface area (Å²) in [5.74, 6) is -0.214. The lowest BCUT2D eigenvalue weighted by molar-refractivity contribution is -0.159. The van der Waals surface area contributed by atoms with Gasteiger partial charge in [-0.2, -0.15) is 0 Å². The molecule has 1 heterocycles. The van der Waals surface area contributed by atoms with Crippen molar-refractivity contribution in [3.05, 3.63) is 0 Å². The van der Waals surface area contributed by atoms with Gasteiger partial charge in [-0.1, -0.05) is 0 Å². The van der Waals surface area contributed by atoms with Gasteiger partial charge >= 0.3 is 0 Å². The molecule has 0 aromatic carbocycles. The van der Waals surface area contributed by atoms with Crippen LogP contribution in [0, 0.1) is 0 Å². The molecule has 0 radical (unpaired) electrons. The van der Waals surface area contributed by atoms with Crippen LogP contribution in [-0.4, -0.2) is 74.1 Å². The van der Waals surface area contributed by atoms with Crippen LogP contribution in [-0.2, 0) is 14.3 Å². The Morgan fingerprint density at radius 1 is 1.39 bits per heavy atom. The first-order chi connectivity index (χ1) is 8.31. The summed E-state index contributed by atoms with van der Waals surface area (Å²) in [4.78, 5) is 27.6. The molecule has 0 aliphatic carbocycles. The molecule has 1 N–H and O–H groups in total. The molecule has 1 saturated heterocycles. The predicted molar refractivity (Wildman–Crippen MR) is 68.2 cm³/mol. The number of rotatable bonds is 3. The van der Waals surface area contributed by atoms with Gasteiger partial charge in [0, 0.05) is 40.8 Å². The van der Waals surface area contributed by atoms with Gasteiger partial charge in [0.2, 0.25) is 5.91 Å². The fourth-order valence-electron chi connectivity index (χ4n) is 1.90. The molecule has 0 bridgehead atoms. The van der Waals surface area contributed by atoms with E-state index in [1.165, 1.54) is 12.0 Å². The molecule has 104 valence electrons. The normalized spacial score (nSPS) is 20.7. The van der Waals surface area contributed by atoms with Crippen LogP contribution in [0.15, 0.2) is 0 Å². The molecule has 1 atom stereocenters. The average molecular weight is 257 g/mol. The quantitative estimate of drug-likeness (QED) is 0.726. The number of carbonyl (C=O) groups is 2. The summed E-state index contributed by atoms with van der Waals surface area (Å²) in [6, 6.07) is -0.448. The van der Waals surface area contributed by atoms with Crippen molar-refractivity contribution in [3.8, 4) is 0 Å². The average Bonchev–Trinajstić information content (AvgIpc) is 2.36. The monoisotopic (exact) mass is 257 g/mol. The molecule has 1 aliphatic heterocycles. The Labute approximate surface area is 108 Å². The summed E-state index contributed by atoms with van der Waals surface area (Å²) >= 11 is 0. The molecule has 1 fully saturated rings. The lowest BCUT2D eigenvalue weighted by atomic mass is 10.0. The summed E-state index contributed by atoms with van der Waals surface area (Å²) in [5.41, 5.74) is -0.901. The second kappa shape index (κ2) is 5.67. The Morgan fingerprint density at radius 3 is 2.50 bits per heavy atom. The molecular weight excluding hydrogens is 234 g/mol. The minimum absolute atomic E-state index is 0.0672. The van der Waals surface area contributed by atoms with Gasteiger partial charge < -0.3 is 19.9 Å². The van der Waals surface area contributed by atoms with Crippen LogP contribution in [0.2, 0.25) is 0 Å². The Kier molecular flexibility index (Phi) is 4.70. The maximum atomic E-state index is 12.4. The number of piperazine rings is 1. The number of ether oxygens (including phenoxy) is 1. The third-order valence-corrected chi connectivity index (χ3v) is 3.26. The van der Waals surface area contributed by atoms with Gasteiger partial charge in [-0.3, -0.25) is 9.59 Å². The lowest BCUT2D eigenvalue weighted by Gasteiger charge is -2.40. The van der Waals surface area contributed by atoms with E-state index in [0.717, 1.165) is 0 Å². The highest BCUT2D eigenvalue weighted by molar-refractivity contribution is 5.91. The summed E-state index contributed by atoms with van der Waals surface area (Å²) in [6.07, 6.45) is 0. The number of nitrogens with one attached hydrogen (secondary N) is 1. The van der Waals surface area contributed by atoms with Crippen molar-refractivity contribution in [2.45, 2.75) is 25.5 Å². The van der Waals surface area contributed by atoms with Gasteiger partial charge in [-0.15, -0.1) is 0 Å². The largest absolute Gasteiger partial charge is 0.369 e. The van der Waals surface area contributed by atoms with E-state index in [-0.39, 0.29) is 11.8 Å². The summed E-state index contributed by atoms with van der Waals surface area (Å²) in [5, 5.41) is 3.14. The number of amides is 2. The van der Waals surface area contributed by atoms with Gasteiger partial charge in [0.25, 0.3) is 5.91 Å². The fraction of sp³-hybridized carbons (Fsp3) is 0.833. The van der Waals surface area contributed by atoms with E-state index in [9.17, 15) is 9.59 Å². The minimum Gasteiger partial charge on any atom is -0.369 e. The van der Waals surface area contributed by atoms with Crippen LogP contribution < -0.4 is 5.32 Å². The van der Waals surface area contributed by atoms with Crippen molar-refractivity contribution >= 4 is 11.8 Å². The van der Waals surface area contributed by atoms with Crippen molar-refractivity contribution in [2.75, 3.05) is 40.8 Å². The van der Waals surface area contributed by atoms with E-state index in [0.29, 0.717) is 19.6 Å². The molecule has 1 rings (SSSR count). The molecule has 6 nitrogen and oxygen atoms in total. The topological polar surface area (TPSA) is 61.9 Å². The highest BCUT2D eigenvalue weighted by Crippen LogP contribution is 2.16. The van der Waals surface area contributed by atoms with Crippen LogP contribution in [0.1, 0.15) is 13.8 Å². The lowest BCUT2D eigenvalue weighted by Crippen LogP contribution is -2.62. The van der Waals surface area contributed by atoms with E-state index in [2.05, 4.69) is 5.32 Å². The highest BCUT2D eigenvalue weighted by Gasteiger charge is 2.39. The van der Waals surface area contributed by atoms with E-state index in [4.69, 9.17) is 4.74 Å². The molecule has 18 heavy (non-hydrogen) atoms. The SMILES string of the molecule is COC(C)(C)C(=O)N1CCNCC1C(=O)N(C)C. The zero-order valence-corrected chi connectivity index (χ0v) is 11.8. The number of carbonyl (C=O) groups excluding carboxylic acids is 2. The van der Waals surface area contributed by atoms with Crippen LogP contribution in [0.25, 0.3) is 0 Å². The van der Waals surface area contributed by atoms with Crippen LogP contribution >= 0.6 is 0 Å². The van der Waals surface area contributed by atoms with E-state index in [1.54, 1.807) is 32.8 Å². The van der Waals surface area contributed by atoms with Crippen LogP contribution in [0.3, 0.4) is 0 Å². The van der Waals surface area contributed by atoms with E-state index in [1.807, 2.05) is 0 Å². The number of hydrogen-bond acceptors (Lipinski definition) is 4. The van der Waals surface area contributed by atoms with Crippen LogP contribution in [0.4, 0.5) is 0 Å². The van der Waals surface area contributed by atoms with Gasteiger partial charge in [0.05, 0.1) is 0 Å². The van der Waals surface area contributed by atoms with E-state index < -0.39 is 11.6 Å². The third kappa shape index (κ3) is 3.00. The Bertz CT molecular complexity index is 329. The first-order valence-corrected chi connectivity index (χ1v) is 6.09. The zero-order chi connectivity index (χ0) is 13.9. The van der Waals surface area contributed by atoms with Gasteiger partial charge in [0.1, 0.15) is 11.6 Å². The summed E-state index contributed by atoms with van der Waals surface area (Å²) in [7, 11) is 4.89. The Hall–Kier alpha value is -1.14. The Balaban J connectivity index is 2.89. The first kappa shape index (κ1) is 14.9. The second-order valence-corrected chi connectivity index (χ2v) is 5.17. The van der Waals surface area contributed by atoms with Crippen molar-refractivity contribution in [2.24, 2.45) is 0 Å². The maximum absolute atomic E-state index is 12.4. The number of hydrogen-bond donors (Lipinski definition) is 1. The van der Waals surface area contributed by atoms with Crippen LogP contribution in [0.5, 0.6) is 0 Å². The van der Waals surface area contributed by atoms with E-state index >= 15 is 0 Å². The molecule has 1 unspecified atom stereocenters. The molecular formula is C12H23N3O3. The first-order valence-electron chi connectivity index (χ1n) is 6.09.